The lowest BCUT2D eigenvalue weighted by molar-refractivity contribution is 0.139. The van der Waals surface area contributed by atoms with Gasteiger partial charge in [-0.3, -0.25) is 0 Å². The van der Waals surface area contributed by atoms with Gasteiger partial charge in [0, 0.05) is 26.2 Å². The average molecular weight is 220 g/mol. The quantitative estimate of drug-likeness (QED) is 0.835. The van der Waals surface area contributed by atoms with Crippen molar-refractivity contribution in [1.29, 1.82) is 0 Å². The van der Waals surface area contributed by atoms with Gasteiger partial charge in [-0.2, -0.15) is 0 Å². The van der Waals surface area contributed by atoms with Gasteiger partial charge in [-0.05, 0) is 11.5 Å². The maximum atomic E-state index is 5.21. The Labute approximate surface area is 97.4 Å². The lowest BCUT2D eigenvalue weighted by Gasteiger charge is -2.17. The molecule has 2 unspecified atom stereocenters. The van der Waals surface area contributed by atoms with Gasteiger partial charge in [0.25, 0.3) is 0 Å². The molecule has 3 nitrogen and oxygen atoms in total. The van der Waals surface area contributed by atoms with Crippen LogP contribution in [0.3, 0.4) is 0 Å². The van der Waals surface area contributed by atoms with E-state index < -0.39 is 0 Å². The first-order chi connectivity index (χ1) is 7.79. The molecule has 1 fully saturated rings. The summed E-state index contributed by atoms with van der Waals surface area (Å²) in [5.74, 6) is 0.642. The van der Waals surface area contributed by atoms with Crippen molar-refractivity contribution in [3.8, 4) is 0 Å². The van der Waals surface area contributed by atoms with Crippen LogP contribution in [0.5, 0.6) is 0 Å². The normalized spacial score (nSPS) is 26.1. The Morgan fingerprint density at radius 3 is 2.81 bits per heavy atom. The van der Waals surface area contributed by atoms with Gasteiger partial charge < -0.3 is 4.74 Å². The predicted octanol–water partition coefficient (Wildman–Crippen LogP) is 1.66. The molecule has 1 saturated heterocycles. The van der Waals surface area contributed by atoms with Crippen LogP contribution in [-0.2, 0) is 11.3 Å². The van der Waals surface area contributed by atoms with E-state index in [4.69, 9.17) is 4.74 Å². The first-order valence-electron chi connectivity index (χ1n) is 5.83. The Hall–Kier alpha value is -0.900. The summed E-state index contributed by atoms with van der Waals surface area (Å²) in [5, 5.41) is 2.28. The molecule has 0 spiro atoms. The topological polar surface area (TPSA) is 24.5 Å². The number of hydrogen-bond donors (Lipinski definition) is 1. The van der Waals surface area contributed by atoms with Crippen LogP contribution in [0.25, 0.3) is 0 Å². The van der Waals surface area contributed by atoms with Gasteiger partial charge in [-0.25, -0.2) is 10.4 Å². The summed E-state index contributed by atoms with van der Waals surface area (Å²) in [5.41, 5.74) is 4.85. The fourth-order valence-electron chi connectivity index (χ4n) is 2.18. The molecule has 1 aliphatic rings. The van der Waals surface area contributed by atoms with Gasteiger partial charge in [0.1, 0.15) is 0 Å². The summed E-state index contributed by atoms with van der Waals surface area (Å²) in [7, 11) is 1.76. The maximum absolute atomic E-state index is 5.21. The van der Waals surface area contributed by atoms with Crippen LogP contribution in [0.4, 0.5) is 0 Å². The largest absolute Gasteiger partial charge is 0.383 e. The Kier molecular flexibility index (Phi) is 3.93. The minimum Gasteiger partial charge on any atom is -0.383 e. The fourth-order valence-corrected chi connectivity index (χ4v) is 2.18. The van der Waals surface area contributed by atoms with Crippen LogP contribution in [0.2, 0.25) is 0 Å². The van der Waals surface area contributed by atoms with Crippen LogP contribution in [-0.4, -0.2) is 31.3 Å². The lowest BCUT2D eigenvalue weighted by Crippen LogP contribution is -2.37. The van der Waals surface area contributed by atoms with E-state index in [1.54, 1.807) is 7.11 Å². The van der Waals surface area contributed by atoms with Crippen molar-refractivity contribution in [1.82, 2.24) is 10.4 Å². The highest BCUT2D eigenvalue weighted by Crippen LogP contribution is 2.16. The molecule has 88 valence electrons. The molecule has 0 bridgehead atoms. The second kappa shape index (κ2) is 5.43. The molecule has 3 heteroatoms. The zero-order chi connectivity index (χ0) is 11.4. The summed E-state index contributed by atoms with van der Waals surface area (Å²) in [6.45, 7) is 5.10. The predicted molar refractivity (Wildman–Crippen MR) is 64.8 cm³/mol. The molecular weight excluding hydrogens is 200 g/mol. The summed E-state index contributed by atoms with van der Waals surface area (Å²) in [6, 6.07) is 11.0. The second-order valence-electron chi connectivity index (χ2n) is 4.53. The molecule has 1 N–H and O–H groups in total. The molecule has 1 aliphatic heterocycles. The number of nitrogens with zero attached hydrogens (tertiary/aromatic N) is 1. The molecule has 2 rings (SSSR count). The molecule has 2 atom stereocenters. The zero-order valence-electron chi connectivity index (χ0n) is 10.0. The van der Waals surface area contributed by atoms with Crippen LogP contribution in [0.1, 0.15) is 12.5 Å². The molecule has 0 aromatic heterocycles. The highest BCUT2D eigenvalue weighted by Gasteiger charge is 2.28. The third-order valence-corrected chi connectivity index (χ3v) is 3.11. The van der Waals surface area contributed by atoms with Gasteiger partial charge in [0.05, 0.1) is 6.61 Å². The van der Waals surface area contributed by atoms with Gasteiger partial charge in [-0.1, -0.05) is 37.3 Å². The summed E-state index contributed by atoms with van der Waals surface area (Å²) in [6.07, 6.45) is 0. The Morgan fingerprint density at radius 1 is 1.38 bits per heavy atom. The molecule has 0 amide bonds. The minimum atomic E-state index is 0.453. The first-order valence-corrected chi connectivity index (χ1v) is 5.83. The van der Waals surface area contributed by atoms with Crippen molar-refractivity contribution < 1.29 is 4.74 Å². The molecule has 0 saturated carbocycles. The molecule has 16 heavy (non-hydrogen) atoms. The molecule has 1 aromatic carbocycles. The second-order valence-corrected chi connectivity index (χ2v) is 4.53. The molecule has 1 heterocycles. The van der Waals surface area contributed by atoms with Crippen molar-refractivity contribution in [3.63, 3.8) is 0 Å². The molecule has 0 radical (unpaired) electrons. The van der Waals surface area contributed by atoms with E-state index in [1.807, 2.05) is 0 Å². The van der Waals surface area contributed by atoms with E-state index in [1.165, 1.54) is 5.56 Å². The van der Waals surface area contributed by atoms with E-state index in [0.29, 0.717) is 12.0 Å². The highest BCUT2D eigenvalue weighted by molar-refractivity contribution is 5.14. The Bertz CT molecular complexity index is 315. The van der Waals surface area contributed by atoms with Crippen molar-refractivity contribution >= 4 is 0 Å². The SMILES string of the molecule is COCC1NN(Cc2ccccc2)CC1C. The van der Waals surface area contributed by atoms with Crippen LogP contribution >= 0.6 is 0 Å². The van der Waals surface area contributed by atoms with Crippen molar-refractivity contribution in [3.05, 3.63) is 35.9 Å². The number of methoxy groups -OCH3 is 1. The number of hydrazine groups is 1. The van der Waals surface area contributed by atoms with Gasteiger partial charge >= 0.3 is 0 Å². The van der Waals surface area contributed by atoms with Crippen LogP contribution in [0.15, 0.2) is 30.3 Å². The van der Waals surface area contributed by atoms with Crippen molar-refractivity contribution in [2.75, 3.05) is 20.3 Å². The van der Waals surface area contributed by atoms with Gasteiger partial charge in [0.2, 0.25) is 0 Å². The van der Waals surface area contributed by atoms with E-state index in [9.17, 15) is 0 Å². The van der Waals surface area contributed by atoms with Crippen molar-refractivity contribution in [2.24, 2.45) is 5.92 Å². The number of ether oxygens (including phenoxy) is 1. The highest BCUT2D eigenvalue weighted by atomic mass is 16.5. The maximum Gasteiger partial charge on any atom is 0.0632 e. The first kappa shape index (κ1) is 11.6. The number of benzene rings is 1. The van der Waals surface area contributed by atoms with E-state index in [-0.39, 0.29) is 0 Å². The standard InChI is InChI=1S/C13H20N2O/c1-11-8-15(14-13(11)10-16-2)9-12-6-4-3-5-7-12/h3-7,11,13-14H,8-10H2,1-2H3. The third-order valence-electron chi connectivity index (χ3n) is 3.11. The third kappa shape index (κ3) is 2.82. The molecular formula is C13H20N2O. The zero-order valence-corrected chi connectivity index (χ0v) is 10.0. The number of rotatable bonds is 4. The number of nitrogens with one attached hydrogen (secondary N) is 1. The van der Waals surface area contributed by atoms with Crippen molar-refractivity contribution in [2.45, 2.75) is 19.5 Å². The van der Waals surface area contributed by atoms with E-state index >= 15 is 0 Å². The summed E-state index contributed by atoms with van der Waals surface area (Å²) >= 11 is 0. The van der Waals surface area contributed by atoms with E-state index in [0.717, 1.165) is 19.7 Å². The molecule has 1 aromatic rings. The van der Waals surface area contributed by atoms with Crippen LogP contribution in [0, 0.1) is 5.92 Å². The summed E-state index contributed by atoms with van der Waals surface area (Å²) < 4.78 is 5.21. The Morgan fingerprint density at radius 2 is 2.12 bits per heavy atom. The Balaban J connectivity index is 1.89. The number of hydrogen-bond acceptors (Lipinski definition) is 3. The van der Waals surface area contributed by atoms with Gasteiger partial charge in [-0.15, -0.1) is 0 Å². The monoisotopic (exact) mass is 220 g/mol. The van der Waals surface area contributed by atoms with Crippen LogP contribution < -0.4 is 5.43 Å². The van der Waals surface area contributed by atoms with E-state index in [2.05, 4.69) is 47.7 Å². The average Bonchev–Trinajstić information content (AvgIpc) is 2.61. The molecule has 0 aliphatic carbocycles. The minimum absolute atomic E-state index is 0.453. The summed E-state index contributed by atoms with van der Waals surface area (Å²) in [4.78, 5) is 0. The smallest absolute Gasteiger partial charge is 0.0632 e. The fraction of sp³-hybridized carbons (Fsp3) is 0.538. The van der Waals surface area contributed by atoms with Gasteiger partial charge in [0.15, 0.2) is 0 Å². The lowest BCUT2D eigenvalue weighted by atomic mass is 10.1.